The maximum atomic E-state index is 5.88. The van der Waals surface area contributed by atoms with Crippen molar-refractivity contribution in [3.05, 3.63) is 59.7 Å². The number of methoxy groups -OCH3 is 1. The Hall–Kier alpha value is -2.15. The molecule has 0 spiro atoms. The fourth-order valence-electron chi connectivity index (χ4n) is 3.45. The standard InChI is InChI=1S/C24H29O/c1-23(2,3)20-14-19(15-21(22(20)25-7)24(4,5)6)18-12-16-10-8-9-11-17(16)13-18/h8-15H,1-7H3/q-1. The highest BCUT2D eigenvalue weighted by atomic mass is 16.5. The first-order valence-corrected chi connectivity index (χ1v) is 9.00. The zero-order chi connectivity index (χ0) is 18.4. The molecular weight excluding hydrogens is 304 g/mol. The van der Waals surface area contributed by atoms with E-state index in [-0.39, 0.29) is 10.8 Å². The molecule has 1 aromatic carbocycles. The van der Waals surface area contributed by atoms with Gasteiger partial charge in [-0.2, -0.15) is 24.3 Å². The molecule has 132 valence electrons. The van der Waals surface area contributed by atoms with E-state index in [0.717, 1.165) is 5.75 Å². The highest BCUT2D eigenvalue weighted by Crippen LogP contribution is 2.43. The third kappa shape index (κ3) is 3.33. The third-order valence-electron chi connectivity index (χ3n) is 4.86. The molecule has 0 unspecified atom stereocenters. The lowest BCUT2D eigenvalue weighted by Crippen LogP contribution is -2.19. The lowest BCUT2D eigenvalue weighted by molar-refractivity contribution is 0.381. The molecule has 0 aromatic heterocycles. The van der Waals surface area contributed by atoms with Crippen molar-refractivity contribution in [2.24, 2.45) is 0 Å². The van der Waals surface area contributed by atoms with E-state index in [1.165, 1.54) is 33.4 Å². The second kappa shape index (κ2) is 5.98. The molecule has 0 aliphatic heterocycles. The molecule has 2 aliphatic carbocycles. The summed E-state index contributed by atoms with van der Waals surface area (Å²) in [5.74, 6) is 1.03. The van der Waals surface area contributed by atoms with Crippen LogP contribution in [0.2, 0.25) is 0 Å². The number of rotatable bonds is 2. The van der Waals surface area contributed by atoms with Crippen molar-refractivity contribution in [3.63, 3.8) is 0 Å². The molecule has 3 rings (SSSR count). The van der Waals surface area contributed by atoms with Gasteiger partial charge in [-0.25, -0.2) is 0 Å². The molecule has 0 N–H and O–H groups in total. The Morgan fingerprint density at radius 1 is 0.720 bits per heavy atom. The van der Waals surface area contributed by atoms with Crippen LogP contribution in [-0.2, 0) is 10.8 Å². The van der Waals surface area contributed by atoms with Gasteiger partial charge in [-0.15, -0.1) is 17.2 Å². The van der Waals surface area contributed by atoms with Crippen LogP contribution in [0.3, 0.4) is 0 Å². The van der Waals surface area contributed by atoms with Crippen molar-refractivity contribution in [1.82, 2.24) is 0 Å². The van der Waals surface area contributed by atoms with E-state index in [1.807, 2.05) is 0 Å². The Labute approximate surface area is 152 Å². The van der Waals surface area contributed by atoms with E-state index in [4.69, 9.17) is 4.74 Å². The fraction of sp³-hybridized carbons (Fsp3) is 0.375. The number of ether oxygens (including phenoxy) is 1. The molecule has 0 fully saturated rings. The van der Waals surface area contributed by atoms with Crippen LogP contribution in [-0.4, -0.2) is 7.11 Å². The normalized spacial score (nSPS) is 12.6. The van der Waals surface area contributed by atoms with Crippen molar-refractivity contribution in [3.8, 4) is 28.0 Å². The van der Waals surface area contributed by atoms with Crippen LogP contribution >= 0.6 is 0 Å². The largest absolute Gasteiger partial charge is 0.496 e. The topological polar surface area (TPSA) is 9.23 Å². The Morgan fingerprint density at radius 3 is 1.72 bits per heavy atom. The molecule has 0 saturated heterocycles. The molecule has 0 radical (unpaired) electrons. The zero-order valence-corrected chi connectivity index (χ0v) is 16.5. The minimum atomic E-state index is 0.0212. The molecule has 0 bridgehead atoms. The van der Waals surface area contributed by atoms with E-state index in [1.54, 1.807) is 7.11 Å². The molecular formula is C24H29O-. The van der Waals surface area contributed by atoms with Crippen molar-refractivity contribution in [2.45, 2.75) is 52.4 Å². The minimum Gasteiger partial charge on any atom is -0.496 e. The lowest BCUT2D eigenvalue weighted by Gasteiger charge is -2.30. The van der Waals surface area contributed by atoms with Gasteiger partial charge in [-0.05, 0) is 34.1 Å². The molecule has 1 nitrogen and oxygen atoms in total. The first kappa shape index (κ1) is 17.7. The van der Waals surface area contributed by atoms with Gasteiger partial charge in [0.15, 0.2) is 0 Å². The highest BCUT2D eigenvalue weighted by molar-refractivity contribution is 5.81. The van der Waals surface area contributed by atoms with Gasteiger partial charge in [-0.3, -0.25) is 0 Å². The van der Waals surface area contributed by atoms with E-state index in [0.29, 0.717) is 0 Å². The van der Waals surface area contributed by atoms with Crippen LogP contribution in [0.25, 0.3) is 22.3 Å². The number of hydrogen-bond acceptors (Lipinski definition) is 1. The molecule has 1 heteroatoms. The van der Waals surface area contributed by atoms with Crippen molar-refractivity contribution >= 4 is 0 Å². The first-order chi connectivity index (χ1) is 11.6. The minimum absolute atomic E-state index is 0.0212. The van der Waals surface area contributed by atoms with Gasteiger partial charge < -0.3 is 4.74 Å². The van der Waals surface area contributed by atoms with Gasteiger partial charge in [0.25, 0.3) is 0 Å². The summed E-state index contributed by atoms with van der Waals surface area (Å²) in [4.78, 5) is 0. The summed E-state index contributed by atoms with van der Waals surface area (Å²) in [6.07, 6.45) is 0. The summed E-state index contributed by atoms with van der Waals surface area (Å²) >= 11 is 0. The van der Waals surface area contributed by atoms with Gasteiger partial charge in [0.2, 0.25) is 0 Å². The quantitative estimate of drug-likeness (QED) is 0.470. The lowest BCUT2D eigenvalue weighted by atomic mass is 9.78. The first-order valence-electron chi connectivity index (χ1n) is 9.00. The summed E-state index contributed by atoms with van der Waals surface area (Å²) in [5, 5.41) is 0. The predicted octanol–water partition coefficient (Wildman–Crippen LogP) is 6.78. The maximum absolute atomic E-state index is 5.88. The van der Waals surface area contributed by atoms with E-state index >= 15 is 0 Å². The average Bonchev–Trinajstić information content (AvgIpc) is 2.95. The van der Waals surface area contributed by atoms with Crippen LogP contribution in [0, 0.1) is 0 Å². The third-order valence-corrected chi connectivity index (χ3v) is 4.86. The van der Waals surface area contributed by atoms with Gasteiger partial charge >= 0.3 is 0 Å². The summed E-state index contributed by atoms with van der Waals surface area (Å²) in [7, 11) is 1.79. The van der Waals surface area contributed by atoms with Crippen LogP contribution in [0.1, 0.15) is 52.7 Å². The SMILES string of the molecule is COc1c(C(C)(C)C)cc(-c2cc3cc[cH-]cc-3c2)cc1C(C)(C)C. The Balaban J connectivity index is 2.29. The van der Waals surface area contributed by atoms with E-state index in [2.05, 4.69) is 90.1 Å². The van der Waals surface area contributed by atoms with Gasteiger partial charge in [0, 0.05) is 11.1 Å². The van der Waals surface area contributed by atoms with Crippen molar-refractivity contribution in [2.75, 3.05) is 7.11 Å². The number of benzene rings is 2. The summed E-state index contributed by atoms with van der Waals surface area (Å²) in [6, 6.07) is 17.7. The zero-order valence-electron chi connectivity index (χ0n) is 16.5. The molecule has 0 saturated carbocycles. The molecule has 1 aromatic rings. The number of hydrogen-bond donors (Lipinski definition) is 0. The van der Waals surface area contributed by atoms with Gasteiger partial charge in [-0.1, -0.05) is 47.6 Å². The molecule has 0 heterocycles. The van der Waals surface area contributed by atoms with Crippen LogP contribution in [0.4, 0.5) is 0 Å². The molecule has 0 amide bonds. The highest BCUT2D eigenvalue weighted by Gasteiger charge is 2.27. The van der Waals surface area contributed by atoms with Crippen LogP contribution in [0.15, 0.2) is 48.5 Å². The summed E-state index contributed by atoms with van der Waals surface area (Å²) in [6.45, 7) is 13.5. The second-order valence-corrected chi connectivity index (χ2v) is 8.98. The molecule has 25 heavy (non-hydrogen) atoms. The monoisotopic (exact) mass is 333 g/mol. The van der Waals surface area contributed by atoms with Gasteiger partial charge in [0.05, 0.1) is 7.11 Å². The molecule has 0 atom stereocenters. The van der Waals surface area contributed by atoms with E-state index < -0.39 is 0 Å². The van der Waals surface area contributed by atoms with Crippen molar-refractivity contribution in [1.29, 1.82) is 0 Å². The van der Waals surface area contributed by atoms with Gasteiger partial charge in [0.1, 0.15) is 5.75 Å². The van der Waals surface area contributed by atoms with E-state index in [9.17, 15) is 0 Å². The van der Waals surface area contributed by atoms with Crippen LogP contribution < -0.4 is 4.74 Å². The second-order valence-electron chi connectivity index (χ2n) is 8.98. The van der Waals surface area contributed by atoms with Crippen molar-refractivity contribution < 1.29 is 4.74 Å². The fourth-order valence-corrected chi connectivity index (χ4v) is 3.45. The number of fused-ring (bicyclic) bond motifs is 1. The Morgan fingerprint density at radius 2 is 1.24 bits per heavy atom. The smallest absolute Gasteiger partial charge is 0.126 e. The Bertz CT molecular complexity index is 787. The predicted molar refractivity (Wildman–Crippen MR) is 108 cm³/mol. The average molecular weight is 333 g/mol. The molecule has 2 aliphatic rings. The van der Waals surface area contributed by atoms with Crippen LogP contribution in [0.5, 0.6) is 5.75 Å². The maximum Gasteiger partial charge on any atom is 0.126 e. The summed E-state index contributed by atoms with van der Waals surface area (Å²) in [5.41, 5.74) is 7.71. The summed E-state index contributed by atoms with van der Waals surface area (Å²) < 4.78 is 5.88. The Kier molecular flexibility index (Phi) is 4.23.